The lowest BCUT2D eigenvalue weighted by Gasteiger charge is -2.39. The third-order valence-electron chi connectivity index (χ3n) is 5.20. The number of piperidine rings is 1. The minimum Gasteiger partial charge on any atom is -0.334 e. The number of urea groups is 1. The van der Waals surface area contributed by atoms with Crippen LogP contribution in [0.3, 0.4) is 0 Å². The number of carbonyl (C=O) groups is 1. The van der Waals surface area contributed by atoms with Gasteiger partial charge in [-0.2, -0.15) is 0 Å². The Morgan fingerprint density at radius 2 is 1.79 bits per heavy atom. The second kappa shape index (κ2) is 9.15. The quantitative estimate of drug-likeness (QED) is 0.845. The second-order valence-corrected chi connectivity index (χ2v) is 7.53. The molecule has 0 radical (unpaired) electrons. The predicted octanol–water partition coefficient (Wildman–Crippen LogP) is 3.89. The van der Waals surface area contributed by atoms with Crippen molar-refractivity contribution in [1.29, 1.82) is 0 Å². The largest absolute Gasteiger partial charge is 0.334 e. The molecule has 2 aromatic rings. The fourth-order valence-electron chi connectivity index (χ4n) is 3.51. The highest BCUT2D eigenvalue weighted by atomic mass is 19.1. The molecule has 1 aliphatic heterocycles. The Morgan fingerprint density at radius 1 is 1.14 bits per heavy atom. The van der Waals surface area contributed by atoms with Gasteiger partial charge in [0.2, 0.25) is 0 Å². The first-order valence-corrected chi connectivity index (χ1v) is 9.59. The van der Waals surface area contributed by atoms with Crippen LogP contribution in [-0.4, -0.2) is 48.2 Å². The van der Waals surface area contributed by atoms with Crippen LogP contribution in [0.15, 0.2) is 48.5 Å². The molecule has 0 spiro atoms. The molecule has 0 unspecified atom stereocenters. The molecule has 150 valence electrons. The molecule has 2 amide bonds. The molecule has 4 nitrogen and oxygen atoms in total. The summed E-state index contributed by atoms with van der Waals surface area (Å²) in [5.41, 5.74) is 2.92. The Balaban J connectivity index is 1.73. The van der Waals surface area contributed by atoms with Crippen molar-refractivity contribution < 1.29 is 13.6 Å². The molecule has 3 rings (SSSR count). The fraction of sp³-hybridized carbons (Fsp3) is 0.409. The van der Waals surface area contributed by atoms with Gasteiger partial charge in [0.25, 0.3) is 0 Å². The van der Waals surface area contributed by atoms with Crippen molar-refractivity contribution in [1.82, 2.24) is 15.1 Å². The molecule has 1 N–H and O–H groups in total. The highest BCUT2D eigenvalue weighted by molar-refractivity contribution is 5.74. The third-order valence-corrected chi connectivity index (χ3v) is 5.20. The van der Waals surface area contributed by atoms with Gasteiger partial charge in [-0.15, -0.1) is 0 Å². The highest BCUT2D eigenvalue weighted by Crippen LogP contribution is 2.22. The van der Waals surface area contributed by atoms with Crippen LogP contribution in [0.4, 0.5) is 13.6 Å². The number of likely N-dealkylation sites (tertiary alicyclic amines) is 1. The predicted molar refractivity (Wildman–Crippen MR) is 106 cm³/mol. The van der Waals surface area contributed by atoms with Gasteiger partial charge in [-0.25, -0.2) is 13.6 Å². The van der Waals surface area contributed by atoms with Gasteiger partial charge in [-0.3, -0.25) is 0 Å². The first kappa shape index (κ1) is 20.3. The van der Waals surface area contributed by atoms with E-state index in [1.165, 1.54) is 12.1 Å². The first-order chi connectivity index (χ1) is 13.4. The van der Waals surface area contributed by atoms with Crippen LogP contribution >= 0.6 is 0 Å². The zero-order valence-electron chi connectivity index (χ0n) is 16.4. The van der Waals surface area contributed by atoms with Crippen molar-refractivity contribution in [3.05, 3.63) is 71.0 Å². The smallest absolute Gasteiger partial charge is 0.318 e. The highest BCUT2D eigenvalue weighted by Gasteiger charge is 2.34. The molecule has 1 saturated heterocycles. The van der Waals surface area contributed by atoms with E-state index in [2.05, 4.69) is 5.32 Å². The number of benzene rings is 2. The summed E-state index contributed by atoms with van der Waals surface area (Å²) < 4.78 is 28.0. The van der Waals surface area contributed by atoms with Crippen molar-refractivity contribution in [2.45, 2.75) is 38.6 Å². The van der Waals surface area contributed by atoms with E-state index in [1.54, 1.807) is 17.0 Å². The normalized spacial score (nSPS) is 20.0. The van der Waals surface area contributed by atoms with Crippen LogP contribution in [0, 0.1) is 12.7 Å². The number of amides is 2. The third kappa shape index (κ3) is 5.29. The number of halogens is 2. The molecule has 1 fully saturated rings. The molecule has 6 heteroatoms. The van der Waals surface area contributed by atoms with Crippen molar-refractivity contribution in [2.24, 2.45) is 0 Å². The number of hydrogen-bond acceptors (Lipinski definition) is 2. The maximum atomic E-state index is 14.8. The van der Waals surface area contributed by atoms with E-state index >= 15 is 0 Å². The summed E-state index contributed by atoms with van der Waals surface area (Å²) in [6.45, 7) is 3.66. The van der Waals surface area contributed by atoms with Gasteiger partial charge < -0.3 is 15.1 Å². The Hall–Kier alpha value is -2.47. The van der Waals surface area contributed by atoms with Gasteiger partial charge >= 0.3 is 6.03 Å². The maximum Gasteiger partial charge on any atom is 0.318 e. The number of nitrogens with zero attached hydrogens (tertiary/aromatic N) is 2. The van der Waals surface area contributed by atoms with Gasteiger partial charge in [-0.1, -0.05) is 42.0 Å². The van der Waals surface area contributed by atoms with Gasteiger partial charge in [-0.05, 0) is 43.7 Å². The lowest BCUT2D eigenvalue weighted by molar-refractivity contribution is 0.0571. The zero-order valence-corrected chi connectivity index (χ0v) is 16.4. The molecule has 0 bridgehead atoms. The Kier molecular flexibility index (Phi) is 6.62. The number of hydrogen-bond donors (Lipinski definition) is 1. The number of carbonyl (C=O) groups excluding carboxylic acids is 1. The van der Waals surface area contributed by atoms with E-state index in [0.717, 1.165) is 23.2 Å². The van der Waals surface area contributed by atoms with E-state index in [1.807, 2.05) is 43.1 Å². The second-order valence-electron chi connectivity index (χ2n) is 7.53. The van der Waals surface area contributed by atoms with Crippen molar-refractivity contribution >= 4 is 6.03 Å². The van der Waals surface area contributed by atoms with Crippen molar-refractivity contribution in [2.75, 3.05) is 20.1 Å². The summed E-state index contributed by atoms with van der Waals surface area (Å²) in [4.78, 5) is 16.4. The summed E-state index contributed by atoms with van der Waals surface area (Å²) >= 11 is 0. The molecule has 2 aromatic carbocycles. The summed E-state index contributed by atoms with van der Waals surface area (Å²) in [5.74, 6) is -0.332. The molecule has 0 saturated carbocycles. The van der Waals surface area contributed by atoms with Gasteiger partial charge in [0.15, 0.2) is 0 Å². The summed E-state index contributed by atoms with van der Waals surface area (Å²) in [7, 11) is 1.88. The van der Waals surface area contributed by atoms with E-state index < -0.39 is 12.2 Å². The number of aryl methyl sites for hydroxylation is 1. The van der Waals surface area contributed by atoms with Crippen molar-refractivity contribution in [3.8, 4) is 0 Å². The average Bonchev–Trinajstić information content (AvgIpc) is 2.67. The van der Waals surface area contributed by atoms with Crippen LogP contribution in [0.25, 0.3) is 0 Å². The lowest BCUT2D eigenvalue weighted by atomic mass is 10.0. The maximum absolute atomic E-state index is 14.8. The van der Waals surface area contributed by atoms with Gasteiger partial charge in [0.05, 0.1) is 6.04 Å². The lowest BCUT2D eigenvalue weighted by Crippen LogP contribution is -2.55. The summed E-state index contributed by atoms with van der Waals surface area (Å²) in [6.07, 6.45) is -0.555. The molecular weight excluding hydrogens is 360 g/mol. The first-order valence-electron chi connectivity index (χ1n) is 9.59. The Labute approximate surface area is 165 Å². The number of alkyl halides is 1. The van der Waals surface area contributed by atoms with E-state index in [4.69, 9.17) is 0 Å². The van der Waals surface area contributed by atoms with E-state index in [0.29, 0.717) is 19.5 Å². The number of rotatable bonds is 5. The Morgan fingerprint density at radius 3 is 2.43 bits per heavy atom. The molecule has 28 heavy (non-hydrogen) atoms. The van der Waals surface area contributed by atoms with E-state index in [-0.39, 0.29) is 18.4 Å². The fourth-order valence-corrected chi connectivity index (χ4v) is 3.51. The SMILES string of the molecule is Cc1ccc(CNC(=O)N(Cc2ccc(F)cc2)[C@@H]2CCN(C)C[C@@H]2F)cc1. The zero-order chi connectivity index (χ0) is 20.1. The minimum absolute atomic E-state index is 0.245. The molecular formula is C22H27F2N3O. The van der Waals surface area contributed by atoms with Crippen LogP contribution in [-0.2, 0) is 13.1 Å². The standard InChI is InChI=1S/C22H27F2N3O/c1-16-3-5-17(6-4-16)13-25-22(28)27(14-18-7-9-19(23)10-8-18)21-11-12-26(2)15-20(21)24/h3-10,20-21H,11-15H2,1-2H3,(H,25,28)/t20-,21+/m0/s1. The van der Waals surface area contributed by atoms with Crippen LogP contribution in [0.1, 0.15) is 23.1 Å². The molecule has 1 aliphatic rings. The monoisotopic (exact) mass is 387 g/mol. The Bertz CT molecular complexity index is 779. The average molecular weight is 387 g/mol. The molecule has 1 heterocycles. The van der Waals surface area contributed by atoms with Crippen molar-refractivity contribution in [3.63, 3.8) is 0 Å². The van der Waals surface area contributed by atoms with Crippen LogP contribution < -0.4 is 5.32 Å². The van der Waals surface area contributed by atoms with Gasteiger partial charge in [0.1, 0.15) is 12.0 Å². The topological polar surface area (TPSA) is 35.6 Å². The van der Waals surface area contributed by atoms with Gasteiger partial charge in [0, 0.05) is 26.2 Å². The molecule has 0 aliphatic carbocycles. The number of nitrogens with one attached hydrogen (secondary N) is 1. The summed E-state index contributed by atoms with van der Waals surface area (Å²) in [5, 5.41) is 2.91. The molecule has 2 atom stereocenters. The van der Waals surface area contributed by atoms with E-state index in [9.17, 15) is 13.6 Å². The van der Waals surface area contributed by atoms with Crippen LogP contribution in [0.5, 0.6) is 0 Å². The summed E-state index contributed by atoms with van der Waals surface area (Å²) in [6, 6.07) is 13.1. The minimum atomic E-state index is -1.12. The molecule has 0 aromatic heterocycles. The van der Waals surface area contributed by atoms with Crippen LogP contribution in [0.2, 0.25) is 0 Å².